The highest BCUT2D eigenvalue weighted by molar-refractivity contribution is 6.13. The predicted molar refractivity (Wildman–Crippen MR) is 248 cm³/mol. The van der Waals surface area contributed by atoms with Crippen molar-refractivity contribution >= 4 is 55.0 Å². The highest BCUT2D eigenvalue weighted by Gasteiger charge is 2.26. The van der Waals surface area contributed by atoms with Crippen molar-refractivity contribution in [2.75, 3.05) is 14.2 Å². The molecule has 0 heterocycles. The lowest BCUT2D eigenvalue weighted by molar-refractivity contribution is 0.0594. The highest BCUT2D eigenvalue weighted by Crippen LogP contribution is 2.51. The largest absolute Gasteiger partial charge is 0.465 e. The molecule has 10 rings (SSSR count). The number of methoxy groups -OCH3 is 2. The quantitative estimate of drug-likeness (QED) is 0.135. The number of carbonyl (C=O) groups excluding carboxylic acids is 2. The van der Waals surface area contributed by atoms with Gasteiger partial charge in [-0.25, -0.2) is 9.59 Å². The molecule has 0 aliphatic carbocycles. The number of ether oxygens (including phenoxy) is 4. The van der Waals surface area contributed by atoms with E-state index in [1.807, 2.05) is 158 Å². The van der Waals surface area contributed by atoms with Gasteiger partial charge in [0.25, 0.3) is 0 Å². The predicted octanol–water partition coefficient (Wildman–Crippen LogP) is 14.5. The Hall–Kier alpha value is -8.22. The molecule has 298 valence electrons. The summed E-state index contributed by atoms with van der Waals surface area (Å²) in [4.78, 5) is 26.7. The Morgan fingerprint density at radius 1 is 0.355 bits per heavy atom. The van der Waals surface area contributed by atoms with E-state index in [0.29, 0.717) is 44.9 Å². The van der Waals surface area contributed by atoms with Crippen molar-refractivity contribution in [3.8, 4) is 56.4 Å². The van der Waals surface area contributed by atoms with Crippen LogP contribution in [-0.2, 0) is 9.47 Å². The zero-order chi connectivity index (χ0) is 42.2. The molecule has 0 fully saturated rings. The second kappa shape index (κ2) is 16.1. The molecule has 0 bridgehead atoms. The van der Waals surface area contributed by atoms with Crippen LogP contribution in [0.4, 0.5) is 0 Å². The minimum absolute atomic E-state index is 0.434. The van der Waals surface area contributed by atoms with Gasteiger partial charge in [0.15, 0.2) is 0 Å². The lowest BCUT2D eigenvalue weighted by Crippen LogP contribution is -2.04. The Kier molecular flexibility index (Phi) is 9.87. The van der Waals surface area contributed by atoms with Crippen molar-refractivity contribution in [1.29, 1.82) is 0 Å². The zero-order valence-electron chi connectivity index (χ0n) is 33.9. The van der Waals surface area contributed by atoms with Gasteiger partial charge in [0.1, 0.15) is 23.0 Å². The van der Waals surface area contributed by atoms with Crippen LogP contribution in [0.25, 0.3) is 76.5 Å². The van der Waals surface area contributed by atoms with Crippen LogP contribution in [0.1, 0.15) is 20.7 Å². The molecule has 0 amide bonds. The fourth-order valence-corrected chi connectivity index (χ4v) is 8.55. The van der Waals surface area contributed by atoms with Crippen LogP contribution in [0.3, 0.4) is 0 Å². The number of hydrogen-bond acceptors (Lipinski definition) is 6. The van der Waals surface area contributed by atoms with Crippen molar-refractivity contribution in [1.82, 2.24) is 0 Å². The summed E-state index contributed by atoms with van der Waals surface area (Å²) < 4.78 is 25.3. The molecule has 6 heteroatoms. The van der Waals surface area contributed by atoms with Crippen LogP contribution >= 0.6 is 0 Å². The van der Waals surface area contributed by atoms with Crippen molar-refractivity contribution in [2.45, 2.75) is 0 Å². The van der Waals surface area contributed by atoms with Gasteiger partial charge >= 0.3 is 11.9 Å². The molecule has 0 saturated carbocycles. The molecular weight excluding hydrogens is 769 g/mol. The molecule has 0 N–H and O–H groups in total. The standard InChI is InChI=1S/C56H38O6/c1-59-55(57)47-33-45(35-17-5-3-6-18-35)53(43-27-15-13-25-41(43)47)61-49-31-29-37-21-9-11-23-39(37)51(49)52-40-24-12-10-22-38(40)30-32-50(52)62-54-44-28-16-14-26-42(44)48(56(58)60-2)34-46(54)36-19-7-4-8-20-36/h3-34H,1-2H3. The van der Waals surface area contributed by atoms with Crippen LogP contribution in [0, 0.1) is 0 Å². The van der Waals surface area contributed by atoms with Gasteiger partial charge in [-0.15, -0.1) is 0 Å². The van der Waals surface area contributed by atoms with E-state index in [-0.39, 0.29) is 0 Å². The minimum Gasteiger partial charge on any atom is -0.465 e. The van der Waals surface area contributed by atoms with E-state index in [0.717, 1.165) is 65.7 Å². The molecule has 0 atom stereocenters. The van der Waals surface area contributed by atoms with E-state index in [1.165, 1.54) is 14.2 Å². The molecule has 0 aliphatic heterocycles. The molecule has 0 aromatic heterocycles. The Morgan fingerprint density at radius 2 is 0.694 bits per heavy atom. The maximum Gasteiger partial charge on any atom is 0.338 e. The number of benzene rings is 10. The van der Waals surface area contributed by atoms with E-state index in [2.05, 4.69) is 36.4 Å². The number of carbonyl (C=O) groups is 2. The van der Waals surface area contributed by atoms with Crippen LogP contribution in [0.5, 0.6) is 23.0 Å². The van der Waals surface area contributed by atoms with Gasteiger partial charge in [0, 0.05) is 33.0 Å². The second-order valence-corrected chi connectivity index (χ2v) is 14.9. The van der Waals surface area contributed by atoms with Crippen LogP contribution in [-0.4, -0.2) is 26.2 Å². The second-order valence-electron chi connectivity index (χ2n) is 14.9. The Balaban J connectivity index is 1.27. The van der Waals surface area contributed by atoms with Gasteiger partial charge in [-0.3, -0.25) is 0 Å². The third kappa shape index (κ3) is 6.64. The monoisotopic (exact) mass is 806 g/mol. The molecule has 6 nitrogen and oxygen atoms in total. The highest BCUT2D eigenvalue weighted by atomic mass is 16.5. The fourth-order valence-electron chi connectivity index (χ4n) is 8.55. The number of hydrogen-bond donors (Lipinski definition) is 0. The summed E-state index contributed by atoms with van der Waals surface area (Å²) in [5.41, 5.74) is 5.77. The van der Waals surface area contributed by atoms with E-state index in [4.69, 9.17) is 18.9 Å². The molecule has 62 heavy (non-hydrogen) atoms. The van der Waals surface area contributed by atoms with E-state index >= 15 is 0 Å². The lowest BCUT2D eigenvalue weighted by atomic mass is 9.91. The van der Waals surface area contributed by atoms with Gasteiger partial charge in [-0.1, -0.05) is 170 Å². The van der Waals surface area contributed by atoms with Gasteiger partial charge in [-0.05, 0) is 67.7 Å². The van der Waals surface area contributed by atoms with Crippen molar-refractivity contribution < 1.29 is 28.5 Å². The summed E-state index contributed by atoms with van der Waals surface area (Å²) in [6.45, 7) is 0. The van der Waals surface area contributed by atoms with Gasteiger partial charge in [0.05, 0.1) is 25.3 Å². The minimum atomic E-state index is -0.434. The number of fused-ring (bicyclic) bond motifs is 4. The van der Waals surface area contributed by atoms with E-state index in [9.17, 15) is 9.59 Å². The molecule has 0 unspecified atom stereocenters. The maximum absolute atomic E-state index is 13.3. The molecule has 10 aromatic carbocycles. The van der Waals surface area contributed by atoms with Crippen LogP contribution in [0.2, 0.25) is 0 Å². The molecule has 0 radical (unpaired) electrons. The summed E-state index contributed by atoms with van der Waals surface area (Å²) in [5, 5.41) is 6.87. The van der Waals surface area contributed by atoms with Gasteiger partial charge in [-0.2, -0.15) is 0 Å². The number of esters is 2. The lowest BCUT2D eigenvalue weighted by Gasteiger charge is -2.23. The van der Waals surface area contributed by atoms with Crippen molar-refractivity contribution in [2.24, 2.45) is 0 Å². The Bertz CT molecular complexity index is 3130. The Labute approximate surface area is 358 Å². The SMILES string of the molecule is COC(=O)c1cc(-c2ccccc2)c(Oc2ccc3ccccc3c2-c2c(Oc3c(-c4ccccc4)cc(C(=O)OC)c4ccccc34)ccc3ccccc23)c2ccccc12. The van der Waals surface area contributed by atoms with Crippen LogP contribution in [0.15, 0.2) is 194 Å². The summed E-state index contributed by atoms with van der Waals surface area (Å²) in [6.07, 6.45) is 0. The number of rotatable bonds is 9. The zero-order valence-corrected chi connectivity index (χ0v) is 33.9. The molecule has 0 saturated heterocycles. The summed E-state index contributed by atoms with van der Waals surface area (Å²) >= 11 is 0. The molecule has 0 spiro atoms. The third-order valence-corrected chi connectivity index (χ3v) is 11.4. The smallest absolute Gasteiger partial charge is 0.338 e. The summed E-state index contributed by atoms with van der Waals surface area (Å²) in [7, 11) is 2.79. The first-order chi connectivity index (χ1) is 30.5. The van der Waals surface area contributed by atoms with Crippen LogP contribution < -0.4 is 9.47 Å². The average molecular weight is 807 g/mol. The topological polar surface area (TPSA) is 71.1 Å². The van der Waals surface area contributed by atoms with Gasteiger partial charge < -0.3 is 18.9 Å². The van der Waals surface area contributed by atoms with Crippen molar-refractivity contribution in [3.05, 3.63) is 205 Å². The molecule has 0 aliphatic rings. The summed E-state index contributed by atoms with van der Waals surface area (Å²) in [6, 6.07) is 63.8. The van der Waals surface area contributed by atoms with E-state index in [1.54, 1.807) is 0 Å². The molecule has 10 aromatic rings. The molecular formula is C56H38O6. The van der Waals surface area contributed by atoms with Crippen molar-refractivity contribution in [3.63, 3.8) is 0 Å². The summed E-state index contributed by atoms with van der Waals surface area (Å²) in [5.74, 6) is 1.50. The first-order valence-corrected chi connectivity index (χ1v) is 20.3. The Morgan fingerprint density at radius 3 is 1.08 bits per heavy atom. The average Bonchev–Trinajstić information content (AvgIpc) is 3.34. The van der Waals surface area contributed by atoms with E-state index < -0.39 is 11.9 Å². The normalized spacial score (nSPS) is 11.2. The first kappa shape index (κ1) is 38.0. The third-order valence-electron chi connectivity index (χ3n) is 11.4. The van der Waals surface area contributed by atoms with Gasteiger partial charge in [0.2, 0.25) is 0 Å². The fraction of sp³-hybridized carbons (Fsp3) is 0.0357. The maximum atomic E-state index is 13.3. The first-order valence-electron chi connectivity index (χ1n) is 20.3.